The lowest BCUT2D eigenvalue weighted by molar-refractivity contribution is -0.168. The third kappa shape index (κ3) is 3.59. The number of oxime groups is 1. The number of esters is 1. The second-order valence-electron chi connectivity index (χ2n) is 8.18. The third-order valence-corrected chi connectivity index (χ3v) is 7.40. The molecule has 0 amide bonds. The summed E-state index contributed by atoms with van der Waals surface area (Å²) in [6.45, 7) is 1.59. The largest absolute Gasteiger partial charge is 0.466 e. The Morgan fingerprint density at radius 2 is 2.19 bits per heavy atom. The van der Waals surface area contributed by atoms with Crippen LogP contribution in [0.1, 0.15) is 31.9 Å². The number of carbonyl (C=O) groups excluding carboxylic acids is 1. The molecule has 4 rings (SSSR count). The van der Waals surface area contributed by atoms with Crippen molar-refractivity contribution in [1.29, 1.82) is 0 Å². The van der Waals surface area contributed by atoms with Gasteiger partial charge in [-0.15, -0.1) is 22.9 Å². The fourth-order valence-corrected chi connectivity index (χ4v) is 5.69. The number of rotatable bonds is 3. The summed E-state index contributed by atoms with van der Waals surface area (Å²) in [5.74, 6) is -2.39. The van der Waals surface area contributed by atoms with Gasteiger partial charge >= 0.3 is 12.1 Å². The molecule has 1 saturated carbocycles. The van der Waals surface area contributed by atoms with E-state index in [1.54, 1.807) is 6.92 Å². The Morgan fingerprint density at radius 1 is 1.47 bits per heavy atom. The number of methoxy groups -OCH3 is 1. The number of fused-ring (bicyclic) bond motifs is 1. The van der Waals surface area contributed by atoms with E-state index >= 15 is 0 Å². The molecule has 0 saturated heterocycles. The standard InChI is InChI=1S/C20H20ClF4N3O3S/c1-18(21)8-12(22)13(26-17-28(2)14(9-32-17)20(23,24)25)7-11(18)15-10-5-4-6-19(10,31-27-15)16(29)30-3/h7-11H,4-6H2,1-3H3. The van der Waals surface area contributed by atoms with E-state index in [0.29, 0.717) is 25.0 Å². The highest BCUT2D eigenvalue weighted by molar-refractivity contribution is 7.07. The summed E-state index contributed by atoms with van der Waals surface area (Å²) >= 11 is 7.37. The van der Waals surface area contributed by atoms with E-state index in [4.69, 9.17) is 21.2 Å². The van der Waals surface area contributed by atoms with Crippen LogP contribution in [0.3, 0.4) is 0 Å². The molecule has 32 heavy (non-hydrogen) atoms. The molecule has 12 heteroatoms. The number of nitrogens with zero attached hydrogens (tertiary/aromatic N) is 3. The van der Waals surface area contributed by atoms with E-state index in [9.17, 15) is 22.4 Å². The van der Waals surface area contributed by atoms with Crippen LogP contribution in [0.4, 0.5) is 17.6 Å². The Morgan fingerprint density at radius 3 is 2.81 bits per heavy atom. The Bertz CT molecular complexity index is 1120. The highest BCUT2D eigenvalue weighted by Crippen LogP contribution is 2.50. The quantitative estimate of drug-likeness (QED) is 0.354. The van der Waals surface area contributed by atoms with Gasteiger partial charge < -0.3 is 14.1 Å². The van der Waals surface area contributed by atoms with E-state index in [1.165, 1.54) is 20.2 Å². The summed E-state index contributed by atoms with van der Waals surface area (Å²) in [4.78, 5) is 20.9. The second-order valence-corrected chi connectivity index (χ2v) is 9.83. The summed E-state index contributed by atoms with van der Waals surface area (Å²) in [5, 5.41) is 5.07. The average molecular weight is 494 g/mol. The SMILES string of the molecule is COC(=O)C12CCCC1C(C1C=C(N=c3scc(C(F)(F)F)n3C)C(F)=CC1(C)Cl)=NO2. The molecule has 0 bridgehead atoms. The minimum atomic E-state index is -4.55. The van der Waals surface area contributed by atoms with Crippen molar-refractivity contribution in [2.24, 2.45) is 29.0 Å². The van der Waals surface area contributed by atoms with Crippen LogP contribution in [0.25, 0.3) is 0 Å². The highest BCUT2D eigenvalue weighted by Gasteiger charge is 2.61. The predicted octanol–water partition coefficient (Wildman–Crippen LogP) is 4.47. The number of hydrogen-bond acceptors (Lipinski definition) is 6. The number of aromatic nitrogens is 1. The predicted molar refractivity (Wildman–Crippen MR) is 109 cm³/mol. The Labute approximate surface area is 189 Å². The topological polar surface area (TPSA) is 65.2 Å². The van der Waals surface area contributed by atoms with Gasteiger partial charge in [-0.3, -0.25) is 0 Å². The molecule has 2 heterocycles. The third-order valence-electron chi connectivity index (χ3n) is 6.14. The van der Waals surface area contributed by atoms with Crippen LogP contribution in [0.15, 0.2) is 39.2 Å². The van der Waals surface area contributed by atoms with Crippen molar-refractivity contribution in [3.8, 4) is 0 Å². The number of allylic oxidation sites excluding steroid dienone is 3. The molecule has 3 aliphatic rings. The number of halogens is 5. The summed E-state index contributed by atoms with van der Waals surface area (Å²) < 4.78 is 59.9. The van der Waals surface area contributed by atoms with Crippen molar-refractivity contribution in [2.75, 3.05) is 7.11 Å². The number of thiazole rings is 1. The van der Waals surface area contributed by atoms with Gasteiger partial charge in [0.2, 0.25) is 5.60 Å². The van der Waals surface area contributed by atoms with Gasteiger partial charge in [-0.2, -0.15) is 13.2 Å². The molecular weight excluding hydrogens is 474 g/mol. The van der Waals surface area contributed by atoms with Gasteiger partial charge in [0, 0.05) is 24.8 Å². The first-order chi connectivity index (χ1) is 14.9. The second kappa shape index (κ2) is 7.72. The average Bonchev–Trinajstić information content (AvgIpc) is 3.37. The van der Waals surface area contributed by atoms with Gasteiger partial charge in [0.1, 0.15) is 11.5 Å². The van der Waals surface area contributed by atoms with E-state index in [1.807, 2.05) is 0 Å². The van der Waals surface area contributed by atoms with Crippen LogP contribution in [-0.2, 0) is 27.6 Å². The van der Waals surface area contributed by atoms with Gasteiger partial charge in [-0.1, -0.05) is 5.16 Å². The van der Waals surface area contributed by atoms with Gasteiger partial charge in [0.05, 0.1) is 29.3 Å². The van der Waals surface area contributed by atoms with E-state index in [-0.39, 0.29) is 10.5 Å². The summed E-state index contributed by atoms with van der Waals surface area (Å²) in [6, 6.07) is 0. The lowest BCUT2D eigenvalue weighted by Gasteiger charge is -2.32. The molecule has 174 valence electrons. The van der Waals surface area contributed by atoms with Gasteiger partial charge in [0.25, 0.3) is 0 Å². The number of carbonyl (C=O) groups is 1. The fraction of sp³-hybridized carbons (Fsp3) is 0.550. The van der Waals surface area contributed by atoms with Crippen LogP contribution < -0.4 is 4.80 Å². The number of alkyl halides is 4. The number of ether oxygens (including phenoxy) is 1. The molecule has 1 aliphatic heterocycles. The van der Waals surface area contributed by atoms with Gasteiger partial charge in [-0.25, -0.2) is 14.2 Å². The molecule has 0 aromatic carbocycles. The van der Waals surface area contributed by atoms with Crippen LogP contribution in [0.5, 0.6) is 0 Å². The fourth-order valence-electron chi connectivity index (χ4n) is 4.51. The first-order valence-corrected chi connectivity index (χ1v) is 11.1. The van der Waals surface area contributed by atoms with Crippen molar-refractivity contribution in [2.45, 2.75) is 42.8 Å². The van der Waals surface area contributed by atoms with Crippen molar-refractivity contribution >= 4 is 34.6 Å². The van der Waals surface area contributed by atoms with Gasteiger partial charge in [-0.05, 0) is 31.9 Å². The van der Waals surface area contributed by atoms with Crippen LogP contribution in [0, 0.1) is 11.8 Å². The molecule has 1 aromatic heterocycles. The number of hydrogen-bond donors (Lipinski definition) is 0. The lowest BCUT2D eigenvalue weighted by atomic mass is 9.75. The Hall–Kier alpha value is -2.14. The van der Waals surface area contributed by atoms with Crippen molar-refractivity contribution in [3.05, 3.63) is 39.6 Å². The first-order valence-electron chi connectivity index (χ1n) is 9.81. The van der Waals surface area contributed by atoms with Crippen LogP contribution in [0.2, 0.25) is 0 Å². The van der Waals surface area contributed by atoms with E-state index < -0.39 is 46.0 Å². The Kier molecular flexibility index (Phi) is 5.56. The normalized spacial score (nSPS) is 32.8. The molecule has 1 aromatic rings. The summed E-state index contributed by atoms with van der Waals surface area (Å²) in [6.07, 6.45) is -0.213. The van der Waals surface area contributed by atoms with E-state index in [0.717, 1.165) is 27.4 Å². The van der Waals surface area contributed by atoms with Crippen LogP contribution in [-0.4, -0.2) is 33.8 Å². The smallest absolute Gasteiger partial charge is 0.432 e. The minimum absolute atomic E-state index is 0.0292. The zero-order valence-corrected chi connectivity index (χ0v) is 18.9. The molecule has 0 spiro atoms. The Balaban J connectivity index is 1.75. The molecule has 6 nitrogen and oxygen atoms in total. The highest BCUT2D eigenvalue weighted by atomic mass is 35.5. The maximum absolute atomic E-state index is 14.8. The maximum Gasteiger partial charge on any atom is 0.432 e. The van der Waals surface area contributed by atoms with E-state index in [2.05, 4.69) is 10.1 Å². The molecule has 2 aliphatic carbocycles. The monoisotopic (exact) mass is 493 g/mol. The van der Waals surface area contributed by atoms with Crippen molar-refractivity contribution in [3.63, 3.8) is 0 Å². The minimum Gasteiger partial charge on any atom is -0.466 e. The summed E-state index contributed by atoms with van der Waals surface area (Å²) in [5.41, 5.74) is -1.81. The zero-order valence-electron chi connectivity index (χ0n) is 17.4. The van der Waals surface area contributed by atoms with Crippen molar-refractivity contribution < 1.29 is 31.9 Å². The lowest BCUT2D eigenvalue weighted by Crippen LogP contribution is -2.46. The molecule has 4 atom stereocenters. The maximum atomic E-state index is 14.8. The van der Waals surface area contributed by atoms with Gasteiger partial charge in [0.15, 0.2) is 4.80 Å². The molecular formula is C20H20ClF4N3O3S. The molecule has 4 unspecified atom stereocenters. The first kappa shape index (κ1) is 23.0. The zero-order chi connectivity index (χ0) is 23.5. The summed E-state index contributed by atoms with van der Waals surface area (Å²) in [7, 11) is 2.48. The van der Waals surface area contributed by atoms with Crippen LogP contribution >= 0.6 is 22.9 Å². The molecule has 0 N–H and O–H groups in total. The van der Waals surface area contributed by atoms with Crippen molar-refractivity contribution in [1.82, 2.24) is 4.57 Å². The molecule has 1 fully saturated rings. The molecule has 0 radical (unpaired) electrons.